The number of hydrogen-bond donors (Lipinski definition) is 1. The highest BCUT2D eigenvalue weighted by Crippen LogP contribution is 2.35. The zero-order valence-electron chi connectivity index (χ0n) is 11.6. The van der Waals surface area contributed by atoms with E-state index in [2.05, 4.69) is 22.2 Å². The van der Waals surface area contributed by atoms with Crippen LogP contribution in [0.25, 0.3) is 11.4 Å². The molecule has 1 aromatic carbocycles. The number of nitrogens with one attached hydrogen (secondary N) is 1. The van der Waals surface area contributed by atoms with E-state index in [9.17, 15) is 0 Å². The summed E-state index contributed by atoms with van der Waals surface area (Å²) < 4.78 is 0. The lowest BCUT2D eigenvalue weighted by Crippen LogP contribution is -2.08. The maximum absolute atomic E-state index is 6.10. The van der Waals surface area contributed by atoms with E-state index in [0.717, 1.165) is 41.5 Å². The van der Waals surface area contributed by atoms with Crippen molar-refractivity contribution < 1.29 is 0 Å². The predicted molar refractivity (Wildman–Crippen MR) is 91.3 cm³/mol. The van der Waals surface area contributed by atoms with Gasteiger partial charge in [-0.2, -0.15) is 11.8 Å². The fraction of sp³-hybridized carbons (Fsp3) is 0.333. The fourth-order valence-electron chi connectivity index (χ4n) is 2.21. The van der Waals surface area contributed by atoms with Crippen LogP contribution in [0.15, 0.2) is 18.2 Å². The first-order chi connectivity index (χ1) is 10.2. The first-order valence-electron chi connectivity index (χ1n) is 6.86. The lowest BCUT2D eigenvalue weighted by Gasteiger charge is -2.11. The maximum Gasteiger partial charge on any atom is 0.161 e. The van der Waals surface area contributed by atoms with Crippen LogP contribution in [0.5, 0.6) is 0 Å². The van der Waals surface area contributed by atoms with Gasteiger partial charge in [-0.25, -0.2) is 9.97 Å². The van der Waals surface area contributed by atoms with Gasteiger partial charge < -0.3 is 5.32 Å². The highest BCUT2D eigenvalue weighted by atomic mass is 35.5. The molecule has 110 valence electrons. The summed E-state index contributed by atoms with van der Waals surface area (Å²) >= 11 is 13.9. The van der Waals surface area contributed by atoms with Gasteiger partial charge in [0.05, 0.1) is 15.7 Å². The third kappa shape index (κ3) is 3.12. The fourth-order valence-corrected chi connectivity index (χ4v) is 3.54. The number of rotatable bonds is 4. The summed E-state index contributed by atoms with van der Waals surface area (Å²) in [4.78, 5) is 9.37. The number of nitrogens with zero attached hydrogens (tertiary/aromatic N) is 2. The van der Waals surface area contributed by atoms with E-state index < -0.39 is 0 Å². The standard InChI is InChI=1S/C15H15Cl2N3S/c1-2-5-18-15-10-7-21-8-13(10)19-14(20-15)9-3-4-11(16)12(17)6-9/h3-4,6H,2,5,7-8H2,1H3,(H,18,19,20). The summed E-state index contributed by atoms with van der Waals surface area (Å²) in [5.74, 6) is 3.57. The first-order valence-corrected chi connectivity index (χ1v) is 8.77. The molecule has 2 heterocycles. The molecule has 0 bridgehead atoms. The Hall–Kier alpha value is -0.970. The van der Waals surface area contributed by atoms with Crippen LogP contribution in [0, 0.1) is 0 Å². The van der Waals surface area contributed by atoms with E-state index in [-0.39, 0.29) is 0 Å². The minimum atomic E-state index is 0.524. The van der Waals surface area contributed by atoms with Gasteiger partial charge in [0.2, 0.25) is 0 Å². The number of thioether (sulfide) groups is 1. The van der Waals surface area contributed by atoms with Crippen LogP contribution in [0.2, 0.25) is 10.0 Å². The molecule has 0 atom stereocenters. The molecule has 0 aliphatic carbocycles. The molecule has 0 spiro atoms. The highest BCUT2D eigenvalue weighted by Gasteiger charge is 2.20. The quantitative estimate of drug-likeness (QED) is 0.848. The summed E-state index contributed by atoms with van der Waals surface area (Å²) in [6.07, 6.45) is 1.06. The summed E-state index contributed by atoms with van der Waals surface area (Å²) in [6.45, 7) is 3.05. The molecule has 1 aliphatic heterocycles. The molecule has 0 saturated heterocycles. The summed E-state index contributed by atoms with van der Waals surface area (Å²) in [6, 6.07) is 5.50. The lowest BCUT2D eigenvalue weighted by atomic mass is 10.2. The summed E-state index contributed by atoms with van der Waals surface area (Å²) in [7, 11) is 0. The van der Waals surface area contributed by atoms with Crippen LogP contribution in [0.1, 0.15) is 24.6 Å². The van der Waals surface area contributed by atoms with Crippen LogP contribution >= 0.6 is 35.0 Å². The van der Waals surface area contributed by atoms with Crippen LogP contribution in [-0.4, -0.2) is 16.5 Å². The van der Waals surface area contributed by atoms with Crippen molar-refractivity contribution in [3.8, 4) is 11.4 Å². The Labute approximate surface area is 138 Å². The van der Waals surface area contributed by atoms with Gasteiger partial charge in [-0.3, -0.25) is 0 Å². The average Bonchev–Trinajstić information content (AvgIpc) is 2.96. The van der Waals surface area contributed by atoms with E-state index in [1.807, 2.05) is 23.9 Å². The smallest absolute Gasteiger partial charge is 0.161 e. The van der Waals surface area contributed by atoms with E-state index in [4.69, 9.17) is 23.2 Å². The third-order valence-electron chi connectivity index (χ3n) is 3.30. The van der Waals surface area contributed by atoms with E-state index in [1.165, 1.54) is 5.56 Å². The molecule has 1 N–H and O–H groups in total. The largest absolute Gasteiger partial charge is 0.370 e. The van der Waals surface area contributed by atoms with Crippen molar-refractivity contribution >= 4 is 40.8 Å². The Morgan fingerprint density at radius 1 is 1.19 bits per heavy atom. The van der Waals surface area contributed by atoms with Crippen molar-refractivity contribution in [2.75, 3.05) is 11.9 Å². The normalized spacial score (nSPS) is 13.3. The number of hydrogen-bond acceptors (Lipinski definition) is 4. The SMILES string of the molecule is CCCNc1nc(-c2ccc(Cl)c(Cl)c2)nc2c1CSC2. The van der Waals surface area contributed by atoms with Crippen molar-refractivity contribution in [1.29, 1.82) is 0 Å². The van der Waals surface area contributed by atoms with Crippen LogP contribution in [0.4, 0.5) is 5.82 Å². The molecule has 1 aromatic heterocycles. The molecular weight excluding hydrogens is 325 g/mol. The Morgan fingerprint density at radius 3 is 2.81 bits per heavy atom. The Morgan fingerprint density at radius 2 is 2.05 bits per heavy atom. The van der Waals surface area contributed by atoms with E-state index in [0.29, 0.717) is 15.9 Å². The first kappa shape index (κ1) is 14.9. The number of benzene rings is 1. The van der Waals surface area contributed by atoms with Gasteiger partial charge in [0.15, 0.2) is 5.82 Å². The molecule has 0 radical (unpaired) electrons. The Balaban J connectivity index is 2.04. The van der Waals surface area contributed by atoms with Gasteiger partial charge in [-0.05, 0) is 24.6 Å². The Bertz CT molecular complexity index is 676. The summed E-state index contributed by atoms with van der Waals surface area (Å²) in [5, 5.41) is 4.47. The topological polar surface area (TPSA) is 37.8 Å². The zero-order valence-corrected chi connectivity index (χ0v) is 13.9. The van der Waals surface area contributed by atoms with Crippen molar-refractivity contribution in [2.24, 2.45) is 0 Å². The molecule has 0 amide bonds. The minimum absolute atomic E-state index is 0.524. The lowest BCUT2D eigenvalue weighted by molar-refractivity contribution is 0.955. The number of fused-ring (bicyclic) bond motifs is 1. The third-order valence-corrected chi connectivity index (χ3v) is 5.01. The van der Waals surface area contributed by atoms with E-state index in [1.54, 1.807) is 6.07 Å². The molecule has 3 nitrogen and oxygen atoms in total. The van der Waals surface area contributed by atoms with Gasteiger partial charge in [0.1, 0.15) is 5.82 Å². The van der Waals surface area contributed by atoms with Gasteiger partial charge in [0.25, 0.3) is 0 Å². The number of halogens is 2. The molecular formula is C15H15Cl2N3S. The van der Waals surface area contributed by atoms with Crippen molar-refractivity contribution in [3.05, 3.63) is 39.5 Å². The maximum atomic E-state index is 6.10. The van der Waals surface area contributed by atoms with Gasteiger partial charge in [0, 0.05) is 29.2 Å². The number of aromatic nitrogens is 2. The molecule has 1 aliphatic rings. The highest BCUT2D eigenvalue weighted by molar-refractivity contribution is 7.98. The second-order valence-corrected chi connectivity index (χ2v) is 6.67. The second-order valence-electron chi connectivity index (χ2n) is 4.87. The molecule has 0 saturated carbocycles. The molecule has 2 aromatic rings. The Kier molecular flexibility index (Phi) is 4.57. The van der Waals surface area contributed by atoms with Gasteiger partial charge >= 0.3 is 0 Å². The second kappa shape index (κ2) is 6.42. The summed E-state index contributed by atoms with van der Waals surface area (Å²) in [5.41, 5.74) is 3.25. The van der Waals surface area contributed by atoms with Crippen LogP contribution in [-0.2, 0) is 11.5 Å². The predicted octanol–water partition coefficient (Wildman–Crippen LogP) is 5.02. The van der Waals surface area contributed by atoms with Crippen LogP contribution < -0.4 is 5.32 Å². The van der Waals surface area contributed by atoms with Crippen LogP contribution in [0.3, 0.4) is 0 Å². The van der Waals surface area contributed by atoms with Crippen molar-refractivity contribution in [2.45, 2.75) is 24.9 Å². The molecule has 0 fully saturated rings. The van der Waals surface area contributed by atoms with Gasteiger partial charge in [-0.15, -0.1) is 0 Å². The van der Waals surface area contributed by atoms with Crippen molar-refractivity contribution in [1.82, 2.24) is 9.97 Å². The monoisotopic (exact) mass is 339 g/mol. The minimum Gasteiger partial charge on any atom is -0.370 e. The van der Waals surface area contributed by atoms with Gasteiger partial charge in [-0.1, -0.05) is 30.1 Å². The molecule has 6 heteroatoms. The number of anilines is 1. The zero-order chi connectivity index (χ0) is 14.8. The van der Waals surface area contributed by atoms with Crippen molar-refractivity contribution in [3.63, 3.8) is 0 Å². The average molecular weight is 340 g/mol. The van der Waals surface area contributed by atoms with E-state index >= 15 is 0 Å². The molecule has 21 heavy (non-hydrogen) atoms. The molecule has 0 unspecified atom stereocenters. The molecule has 3 rings (SSSR count).